The minimum atomic E-state index is -3.39. The van der Waals surface area contributed by atoms with E-state index < -0.39 is 16.1 Å². The zero-order chi connectivity index (χ0) is 17.5. The summed E-state index contributed by atoms with van der Waals surface area (Å²) in [4.78, 5) is 19.4. The number of rotatable bonds is 6. The van der Waals surface area contributed by atoms with E-state index >= 15 is 0 Å². The summed E-state index contributed by atoms with van der Waals surface area (Å²) in [6.45, 7) is 6.50. The predicted octanol–water partition coefficient (Wildman–Crippen LogP) is 1.83. The van der Waals surface area contributed by atoms with E-state index in [-0.39, 0.29) is 23.1 Å². The molecule has 0 aromatic rings. The number of sulfonamides is 1. The van der Waals surface area contributed by atoms with Gasteiger partial charge in [0, 0.05) is 24.9 Å². The molecule has 0 unspecified atom stereocenters. The second kappa shape index (κ2) is 6.59. The van der Waals surface area contributed by atoms with Crippen LogP contribution in [0, 0.1) is 5.92 Å². The van der Waals surface area contributed by atoms with Crippen LogP contribution in [0.1, 0.15) is 52.9 Å². The number of carbonyl (C=O) groups excluding carboxylic acids is 1. The Kier molecular flexibility index (Phi) is 4.84. The molecule has 2 atom stereocenters. The van der Waals surface area contributed by atoms with Gasteiger partial charge in [0.2, 0.25) is 15.9 Å². The molecule has 0 aromatic carbocycles. The van der Waals surface area contributed by atoms with Crippen LogP contribution in [-0.2, 0) is 14.8 Å². The van der Waals surface area contributed by atoms with E-state index in [1.807, 2.05) is 31.9 Å². The lowest BCUT2D eigenvalue weighted by molar-refractivity contribution is -0.133. The second-order valence-corrected chi connectivity index (χ2v) is 9.54. The largest absolute Gasteiger partial charge is 0.333 e. The summed E-state index contributed by atoms with van der Waals surface area (Å²) < 4.78 is 27.3. The molecule has 1 saturated carbocycles. The Morgan fingerprint density at radius 1 is 1.33 bits per heavy atom. The lowest BCUT2D eigenvalue weighted by Crippen LogP contribution is -2.54. The first kappa shape index (κ1) is 17.6. The van der Waals surface area contributed by atoms with Crippen LogP contribution in [0.15, 0.2) is 16.8 Å². The van der Waals surface area contributed by atoms with E-state index in [2.05, 4.69) is 9.71 Å². The Morgan fingerprint density at radius 3 is 2.58 bits per heavy atom. The van der Waals surface area contributed by atoms with Gasteiger partial charge in [-0.1, -0.05) is 13.8 Å². The van der Waals surface area contributed by atoms with E-state index in [0.29, 0.717) is 19.4 Å². The van der Waals surface area contributed by atoms with Crippen LogP contribution in [0.5, 0.6) is 0 Å². The maximum Gasteiger partial charge on any atom is 0.241 e. The zero-order valence-electron chi connectivity index (χ0n) is 14.7. The minimum absolute atomic E-state index is 0.0119. The summed E-state index contributed by atoms with van der Waals surface area (Å²) in [5, 5.41) is -0.313. The monoisotopic (exact) mass is 353 g/mol. The summed E-state index contributed by atoms with van der Waals surface area (Å²) in [6.07, 6.45) is 5.92. The number of carbonyl (C=O) groups is 1. The standard InChI is InChI=1S/C17H27N3O3S/c1-11(2)16(19-24(22,23)13-6-7-13)17(21)20-8-4-5-15(20)14-9-12(3)10-18-14/h10-11,13,15-16,19H,4-9H2,1-3H3/t15-,16+/m0/s1. The van der Waals surface area contributed by atoms with Gasteiger partial charge in [0.05, 0.1) is 11.3 Å². The normalized spacial score (nSPS) is 25.8. The molecule has 0 aromatic heterocycles. The van der Waals surface area contributed by atoms with Gasteiger partial charge in [0.15, 0.2) is 0 Å². The summed E-state index contributed by atoms with van der Waals surface area (Å²) in [5.41, 5.74) is 2.24. The Balaban J connectivity index is 1.74. The number of hydrogen-bond donors (Lipinski definition) is 1. The van der Waals surface area contributed by atoms with E-state index in [1.54, 1.807) is 0 Å². The fourth-order valence-electron chi connectivity index (χ4n) is 3.45. The highest BCUT2D eigenvalue weighted by molar-refractivity contribution is 7.90. The first-order valence-electron chi connectivity index (χ1n) is 8.83. The highest BCUT2D eigenvalue weighted by Gasteiger charge is 2.42. The molecule has 6 nitrogen and oxygen atoms in total. The fraction of sp³-hybridized carbons (Fsp3) is 0.765. The molecule has 134 valence electrons. The number of nitrogens with zero attached hydrogens (tertiary/aromatic N) is 2. The average molecular weight is 353 g/mol. The van der Waals surface area contributed by atoms with Gasteiger partial charge in [-0.05, 0) is 44.1 Å². The lowest BCUT2D eigenvalue weighted by Gasteiger charge is -2.31. The van der Waals surface area contributed by atoms with Gasteiger partial charge in [-0.3, -0.25) is 9.79 Å². The molecule has 0 bridgehead atoms. The van der Waals surface area contributed by atoms with Crippen LogP contribution in [0.2, 0.25) is 0 Å². The van der Waals surface area contributed by atoms with Crippen LogP contribution in [0.3, 0.4) is 0 Å². The summed E-state index contributed by atoms with van der Waals surface area (Å²) in [5.74, 6) is -0.193. The summed E-state index contributed by atoms with van der Waals surface area (Å²) in [6, 6.07) is -0.676. The summed E-state index contributed by atoms with van der Waals surface area (Å²) in [7, 11) is -3.39. The average Bonchev–Trinajstić information content (AvgIpc) is 3.12. The number of aliphatic imine (C=N–C) groups is 1. The SMILES string of the molecule is CC1=CN=C([C@@H]2CCCN2C(=O)[C@H](NS(=O)(=O)C2CC2)C(C)C)C1. The third kappa shape index (κ3) is 3.57. The Labute approximate surface area is 144 Å². The lowest BCUT2D eigenvalue weighted by atomic mass is 10.0. The summed E-state index contributed by atoms with van der Waals surface area (Å²) >= 11 is 0. The van der Waals surface area contributed by atoms with E-state index in [9.17, 15) is 13.2 Å². The van der Waals surface area contributed by atoms with Gasteiger partial charge in [-0.15, -0.1) is 0 Å². The second-order valence-electron chi connectivity index (χ2n) is 7.55. The van der Waals surface area contributed by atoms with Crippen LogP contribution in [-0.4, -0.2) is 48.8 Å². The molecule has 1 amide bonds. The molecule has 3 rings (SSSR count). The van der Waals surface area contributed by atoms with Crippen molar-refractivity contribution in [3.8, 4) is 0 Å². The Bertz CT molecular complexity index is 677. The van der Waals surface area contributed by atoms with Crippen molar-refractivity contribution in [3.63, 3.8) is 0 Å². The van der Waals surface area contributed by atoms with Gasteiger partial charge in [-0.2, -0.15) is 0 Å². The van der Waals surface area contributed by atoms with Crippen molar-refractivity contribution in [1.82, 2.24) is 9.62 Å². The van der Waals surface area contributed by atoms with Crippen molar-refractivity contribution in [3.05, 3.63) is 11.8 Å². The molecule has 1 N–H and O–H groups in total. The first-order chi connectivity index (χ1) is 11.3. The van der Waals surface area contributed by atoms with E-state index in [0.717, 1.165) is 25.0 Å². The smallest absolute Gasteiger partial charge is 0.241 e. The van der Waals surface area contributed by atoms with Gasteiger partial charge in [0.1, 0.15) is 6.04 Å². The minimum Gasteiger partial charge on any atom is -0.333 e. The molecule has 1 aliphatic carbocycles. The molecule has 0 spiro atoms. The highest BCUT2D eigenvalue weighted by atomic mass is 32.2. The van der Waals surface area contributed by atoms with Crippen LogP contribution >= 0.6 is 0 Å². The van der Waals surface area contributed by atoms with Crippen LogP contribution in [0.4, 0.5) is 0 Å². The van der Waals surface area contributed by atoms with Gasteiger partial charge in [-0.25, -0.2) is 13.1 Å². The first-order valence-corrected chi connectivity index (χ1v) is 10.4. The molecule has 2 heterocycles. The number of likely N-dealkylation sites (tertiary alicyclic amines) is 1. The number of allylic oxidation sites excluding steroid dienone is 1. The molecule has 1 saturated heterocycles. The maximum absolute atomic E-state index is 13.1. The van der Waals surface area contributed by atoms with Gasteiger partial charge >= 0.3 is 0 Å². The Hall–Kier alpha value is -1.21. The third-order valence-corrected chi connectivity index (χ3v) is 6.95. The van der Waals surface area contributed by atoms with Gasteiger partial charge < -0.3 is 4.90 Å². The Morgan fingerprint density at radius 2 is 2.04 bits per heavy atom. The molecule has 3 aliphatic rings. The predicted molar refractivity (Wildman–Crippen MR) is 94.2 cm³/mol. The quantitative estimate of drug-likeness (QED) is 0.791. The van der Waals surface area contributed by atoms with Crippen molar-refractivity contribution < 1.29 is 13.2 Å². The van der Waals surface area contributed by atoms with Crippen molar-refractivity contribution in [1.29, 1.82) is 0 Å². The molecule has 24 heavy (non-hydrogen) atoms. The molecule has 2 fully saturated rings. The maximum atomic E-state index is 13.1. The van der Waals surface area contributed by atoms with Crippen molar-refractivity contribution in [2.24, 2.45) is 10.9 Å². The fourth-order valence-corrected chi connectivity index (χ4v) is 5.13. The topological polar surface area (TPSA) is 78.8 Å². The van der Waals surface area contributed by atoms with Crippen molar-refractivity contribution in [2.45, 2.75) is 70.2 Å². The van der Waals surface area contributed by atoms with Crippen molar-refractivity contribution in [2.75, 3.05) is 6.54 Å². The number of nitrogens with one attached hydrogen (secondary N) is 1. The van der Waals surface area contributed by atoms with Gasteiger partial charge in [0.25, 0.3) is 0 Å². The molecule has 2 aliphatic heterocycles. The third-order valence-electron chi connectivity index (χ3n) is 5.02. The van der Waals surface area contributed by atoms with Crippen LogP contribution < -0.4 is 4.72 Å². The van der Waals surface area contributed by atoms with Crippen LogP contribution in [0.25, 0.3) is 0 Å². The molecule has 7 heteroatoms. The zero-order valence-corrected chi connectivity index (χ0v) is 15.5. The molecular formula is C17H27N3O3S. The molecular weight excluding hydrogens is 326 g/mol. The van der Waals surface area contributed by atoms with E-state index in [1.165, 1.54) is 5.57 Å². The highest BCUT2D eigenvalue weighted by Crippen LogP contribution is 2.29. The number of amides is 1. The van der Waals surface area contributed by atoms with E-state index in [4.69, 9.17) is 0 Å². The molecule has 0 radical (unpaired) electrons. The number of hydrogen-bond acceptors (Lipinski definition) is 4. The van der Waals surface area contributed by atoms with Crippen molar-refractivity contribution >= 4 is 21.6 Å².